The van der Waals surface area contributed by atoms with E-state index in [0.717, 1.165) is 11.1 Å². The van der Waals surface area contributed by atoms with E-state index in [9.17, 15) is 15.0 Å². The van der Waals surface area contributed by atoms with Crippen molar-refractivity contribution in [3.63, 3.8) is 0 Å². The van der Waals surface area contributed by atoms with Crippen molar-refractivity contribution in [1.82, 2.24) is 0 Å². The molecule has 0 amide bonds. The van der Waals surface area contributed by atoms with Crippen LogP contribution in [0.15, 0.2) is 30.3 Å². The van der Waals surface area contributed by atoms with Gasteiger partial charge in [0.25, 0.3) is 0 Å². The molecule has 0 unspecified atom stereocenters. The van der Waals surface area contributed by atoms with Gasteiger partial charge in [0, 0.05) is 11.6 Å². The molecule has 0 heterocycles. The normalized spacial score (nSPS) is 13.1. The summed E-state index contributed by atoms with van der Waals surface area (Å²) < 4.78 is 0. The molecule has 2 aromatic rings. The Bertz CT molecular complexity index is 672. The number of aromatic hydroxyl groups is 2. The third-order valence-corrected chi connectivity index (χ3v) is 3.30. The van der Waals surface area contributed by atoms with Crippen molar-refractivity contribution in [2.75, 3.05) is 0 Å². The Morgan fingerprint density at radius 3 is 2.61 bits per heavy atom. The lowest BCUT2D eigenvalue weighted by Gasteiger charge is -2.20. The molecule has 0 saturated heterocycles. The van der Waals surface area contributed by atoms with E-state index < -0.39 is 0 Å². The average molecular weight is 240 g/mol. The van der Waals surface area contributed by atoms with Crippen LogP contribution in [0, 0.1) is 6.92 Å². The molecular weight excluding hydrogens is 228 g/mol. The van der Waals surface area contributed by atoms with E-state index in [0.29, 0.717) is 23.1 Å². The average Bonchev–Trinajstić information content (AvgIpc) is 2.27. The summed E-state index contributed by atoms with van der Waals surface area (Å²) in [6.07, 6.45) is 0.556. The molecule has 3 rings (SSSR count). The second-order valence-electron chi connectivity index (χ2n) is 4.67. The van der Waals surface area contributed by atoms with Crippen molar-refractivity contribution in [2.24, 2.45) is 0 Å². The van der Waals surface area contributed by atoms with Gasteiger partial charge in [0.15, 0.2) is 5.78 Å². The van der Waals surface area contributed by atoms with Crippen LogP contribution >= 0.6 is 0 Å². The lowest BCUT2D eigenvalue weighted by Crippen LogP contribution is -2.15. The number of hydrogen-bond acceptors (Lipinski definition) is 3. The van der Waals surface area contributed by atoms with Gasteiger partial charge in [-0.2, -0.15) is 0 Å². The predicted molar refractivity (Wildman–Crippen MR) is 67.2 cm³/mol. The third-order valence-electron chi connectivity index (χ3n) is 3.30. The summed E-state index contributed by atoms with van der Waals surface area (Å²) in [6.45, 7) is 1.97. The minimum atomic E-state index is -0.177. The first-order valence-corrected chi connectivity index (χ1v) is 5.75. The SMILES string of the molecule is Cc1ccc2c(c1)Cc1cc(O)cc(O)c1C2=O. The molecule has 3 nitrogen and oxygen atoms in total. The lowest BCUT2D eigenvalue weighted by molar-refractivity contribution is 0.103. The molecular formula is C15H12O3. The molecule has 0 spiro atoms. The molecule has 0 atom stereocenters. The summed E-state index contributed by atoms with van der Waals surface area (Å²) in [4.78, 5) is 12.3. The minimum Gasteiger partial charge on any atom is -0.508 e. The van der Waals surface area contributed by atoms with Crippen LogP contribution in [0.5, 0.6) is 11.5 Å². The summed E-state index contributed by atoms with van der Waals surface area (Å²) >= 11 is 0. The number of ketones is 1. The number of aryl methyl sites for hydroxylation is 1. The van der Waals surface area contributed by atoms with E-state index in [1.165, 1.54) is 12.1 Å². The van der Waals surface area contributed by atoms with E-state index >= 15 is 0 Å². The standard InChI is InChI=1S/C15H12O3/c1-8-2-3-12-9(4-8)5-10-6-11(16)7-13(17)14(10)15(12)18/h2-4,6-7,16-17H,5H2,1H3. The molecule has 0 fully saturated rings. The molecule has 0 saturated carbocycles. The number of carbonyl (C=O) groups excluding carboxylic acids is 1. The van der Waals surface area contributed by atoms with Crippen LogP contribution in [0.4, 0.5) is 0 Å². The molecule has 3 heteroatoms. The smallest absolute Gasteiger partial charge is 0.197 e. The predicted octanol–water partition coefficient (Wildman–Crippen LogP) is 2.54. The van der Waals surface area contributed by atoms with Crippen LogP contribution in [0.2, 0.25) is 0 Å². The highest BCUT2D eigenvalue weighted by Gasteiger charge is 2.26. The lowest BCUT2D eigenvalue weighted by atomic mass is 9.84. The van der Waals surface area contributed by atoms with Crippen LogP contribution in [-0.2, 0) is 6.42 Å². The fourth-order valence-corrected chi connectivity index (χ4v) is 2.50. The molecule has 0 bridgehead atoms. The van der Waals surface area contributed by atoms with Gasteiger partial charge in [-0.25, -0.2) is 0 Å². The second-order valence-corrected chi connectivity index (χ2v) is 4.67. The van der Waals surface area contributed by atoms with Crippen LogP contribution in [-0.4, -0.2) is 16.0 Å². The number of phenols is 2. The van der Waals surface area contributed by atoms with Crippen molar-refractivity contribution in [3.05, 3.63) is 58.1 Å². The van der Waals surface area contributed by atoms with Gasteiger partial charge in [-0.15, -0.1) is 0 Å². The molecule has 0 radical (unpaired) electrons. The van der Waals surface area contributed by atoms with E-state index in [1.807, 2.05) is 19.1 Å². The zero-order chi connectivity index (χ0) is 12.9. The van der Waals surface area contributed by atoms with Crippen molar-refractivity contribution < 1.29 is 15.0 Å². The van der Waals surface area contributed by atoms with Gasteiger partial charge in [0.05, 0.1) is 5.56 Å². The summed E-state index contributed by atoms with van der Waals surface area (Å²) in [5.41, 5.74) is 3.65. The molecule has 1 aliphatic rings. The number of fused-ring (bicyclic) bond motifs is 2. The van der Waals surface area contributed by atoms with Gasteiger partial charge in [0.2, 0.25) is 0 Å². The molecule has 0 aromatic heterocycles. The number of rotatable bonds is 0. The quantitative estimate of drug-likeness (QED) is 0.635. The summed E-state index contributed by atoms with van der Waals surface area (Å²) in [5, 5.41) is 19.3. The fourth-order valence-electron chi connectivity index (χ4n) is 2.50. The topological polar surface area (TPSA) is 57.5 Å². The van der Waals surface area contributed by atoms with Crippen molar-refractivity contribution in [3.8, 4) is 11.5 Å². The Morgan fingerprint density at radius 1 is 1.06 bits per heavy atom. The number of benzene rings is 2. The Kier molecular flexibility index (Phi) is 2.17. The molecule has 18 heavy (non-hydrogen) atoms. The molecule has 0 aliphatic heterocycles. The first-order chi connectivity index (χ1) is 8.56. The van der Waals surface area contributed by atoms with Gasteiger partial charge < -0.3 is 10.2 Å². The maximum atomic E-state index is 12.3. The van der Waals surface area contributed by atoms with Crippen LogP contribution in [0.25, 0.3) is 0 Å². The Labute approximate surface area is 104 Å². The zero-order valence-corrected chi connectivity index (χ0v) is 9.90. The van der Waals surface area contributed by atoms with E-state index in [4.69, 9.17) is 0 Å². The Morgan fingerprint density at radius 2 is 1.83 bits per heavy atom. The first-order valence-electron chi connectivity index (χ1n) is 5.75. The van der Waals surface area contributed by atoms with Crippen LogP contribution in [0.3, 0.4) is 0 Å². The van der Waals surface area contributed by atoms with E-state index in [-0.39, 0.29) is 17.3 Å². The van der Waals surface area contributed by atoms with Crippen LogP contribution < -0.4 is 0 Å². The maximum absolute atomic E-state index is 12.3. The van der Waals surface area contributed by atoms with Gasteiger partial charge in [-0.05, 0) is 30.5 Å². The van der Waals surface area contributed by atoms with Crippen molar-refractivity contribution >= 4 is 5.78 Å². The van der Waals surface area contributed by atoms with E-state index in [1.54, 1.807) is 6.07 Å². The fraction of sp³-hybridized carbons (Fsp3) is 0.133. The maximum Gasteiger partial charge on any atom is 0.197 e. The number of phenolic OH excluding ortho intramolecular Hbond substituents is 2. The van der Waals surface area contributed by atoms with Gasteiger partial charge in [-0.3, -0.25) is 4.79 Å². The van der Waals surface area contributed by atoms with Gasteiger partial charge >= 0.3 is 0 Å². The van der Waals surface area contributed by atoms with E-state index in [2.05, 4.69) is 0 Å². The van der Waals surface area contributed by atoms with Crippen LogP contribution in [0.1, 0.15) is 32.6 Å². The Balaban J connectivity index is 2.25. The number of carbonyl (C=O) groups is 1. The van der Waals surface area contributed by atoms with Gasteiger partial charge in [0.1, 0.15) is 11.5 Å². The third kappa shape index (κ3) is 1.48. The highest BCUT2D eigenvalue weighted by atomic mass is 16.3. The highest BCUT2D eigenvalue weighted by Crippen LogP contribution is 2.35. The zero-order valence-electron chi connectivity index (χ0n) is 9.90. The Hall–Kier alpha value is -2.29. The first kappa shape index (κ1) is 10.8. The summed E-state index contributed by atoms with van der Waals surface area (Å²) in [7, 11) is 0. The molecule has 90 valence electrons. The molecule has 1 aliphatic carbocycles. The minimum absolute atomic E-state index is 0.0184. The molecule has 2 N–H and O–H groups in total. The highest BCUT2D eigenvalue weighted by molar-refractivity contribution is 6.14. The number of hydrogen-bond donors (Lipinski definition) is 2. The summed E-state index contributed by atoms with van der Waals surface area (Å²) in [6, 6.07) is 8.40. The van der Waals surface area contributed by atoms with Crippen molar-refractivity contribution in [2.45, 2.75) is 13.3 Å². The largest absolute Gasteiger partial charge is 0.508 e. The second kappa shape index (κ2) is 3.60. The van der Waals surface area contributed by atoms with Crippen molar-refractivity contribution in [1.29, 1.82) is 0 Å². The monoisotopic (exact) mass is 240 g/mol. The molecule has 2 aromatic carbocycles. The summed E-state index contributed by atoms with van der Waals surface area (Å²) in [5.74, 6) is -0.347. The van der Waals surface area contributed by atoms with Gasteiger partial charge in [-0.1, -0.05) is 23.8 Å².